The van der Waals surface area contributed by atoms with Gasteiger partial charge in [-0.25, -0.2) is 0 Å². The Bertz CT molecular complexity index is 1410. The van der Waals surface area contributed by atoms with Crippen molar-refractivity contribution >= 4 is 17.4 Å². The Hall–Kier alpha value is -3.97. The number of aromatic nitrogens is 1. The van der Waals surface area contributed by atoms with Gasteiger partial charge in [-0.3, -0.25) is 19.3 Å². The van der Waals surface area contributed by atoms with Crippen LogP contribution in [0.4, 0.5) is 0 Å². The third kappa shape index (κ3) is 3.76. The van der Waals surface area contributed by atoms with Crippen molar-refractivity contribution in [2.45, 2.75) is 24.9 Å². The molecule has 2 fully saturated rings. The Balaban J connectivity index is 1.36. The Kier molecular flexibility index (Phi) is 5.57. The van der Waals surface area contributed by atoms with Gasteiger partial charge in [-0.15, -0.1) is 0 Å². The number of hydrogen-bond donors (Lipinski definition) is 1. The molecule has 3 aromatic rings. The maximum atomic E-state index is 13.4. The van der Waals surface area contributed by atoms with Crippen molar-refractivity contribution in [2.24, 2.45) is 5.92 Å². The number of carbonyl (C=O) groups excluding carboxylic acids is 2. The monoisotopic (exact) mass is 481 g/mol. The summed E-state index contributed by atoms with van der Waals surface area (Å²) in [6.07, 6.45) is 1.75. The molecule has 1 aromatic heterocycles. The lowest BCUT2D eigenvalue weighted by molar-refractivity contribution is -0.141. The molecule has 0 saturated carbocycles. The van der Waals surface area contributed by atoms with Gasteiger partial charge >= 0.3 is 0 Å². The summed E-state index contributed by atoms with van der Waals surface area (Å²) in [5.74, 6) is -1.08. The van der Waals surface area contributed by atoms with Crippen molar-refractivity contribution in [3.63, 3.8) is 0 Å². The van der Waals surface area contributed by atoms with E-state index in [1.54, 1.807) is 35.2 Å². The molecule has 4 heterocycles. The Labute approximate surface area is 208 Å². The van der Waals surface area contributed by atoms with E-state index in [9.17, 15) is 19.5 Å². The summed E-state index contributed by atoms with van der Waals surface area (Å²) in [6.45, 7) is 1.65. The van der Waals surface area contributed by atoms with Gasteiger partial charge < -0.3 is 14.6 Å². The topological polar surface area (TPSA) is 82.9 Å². The highest BCUT2D eigenvalue weighted by molar-refractivity contribution is 6.46. The Morgan fingerprint density at radius 1 is 0.861 bits per heavy atom. The number of ketones is 1. The average molecular weight is 482 g/mol. The van der Waals surface area contributed by atoms with Gasteiger partial charge in [-0.1, -0.05) is 66.7 Å². The minimum atomic E-state index is -0.691. The van der Waals surface area contributed by atoms with Crippen LogP contribution < -0.4 is 5.56 Å². The van der Waals surface area contributed by atoms with Crippen molar-refractivity contribution in [1.82, 2.24) is 14.4 Å². The Morgan fingerprint density at radius 3 is 2.33 bits per heavy atom. The van der Waals surface area contributed by atoms with Crippen LogP contribution in [0.1, 0.15) is 35.3 Å². The first-order valence-corrected chi connectivity index (χ1v) is 12.3. The highest BCUT2D eigenvalue weighted by Crippen LogP contribution is 2.40. The molecule has 0 radical (unpaired) electrons. The van der Waals surface area contributed by atoms with E-state index in [0.717, 1.165) is 30.6 Å². The number of nitrogens with zero attached hydrogens (tertiary/aromatic N) is 3. The molecule has 1 amide bonds. The molecule has 0 spiro atoms. The van der Waals surface area contributed by atoms with Gasteiger partial charge in [-0.2, -0.15) is 0 Å². The van der Waals surface area contributed by atoms with Gasteiger partial charge in [0.1, 0.15) is 5.76 Å². The minimum Gasteiger partial charge on any atom is -0.507 e. The smallest absolute Gasteiger partial charge is 0.296 e. The number of benzene rings is 2. The van der Waals surface area contributed by atoms with Crippen LogP contribution in [-0.4, -0.2) is 50.9 Å². The fourth-order valence-electron chi connectivity index (χ4n) is 6.12. The largest absolute Gasteiger partial charge is 0.507 e. The number of pyridine rings is 1. The third-order valence-electron chi connectivity index (χ3n) is 7.58. The SMILES string of the molecule is O=C1C(=O)N(CN2CC3Cc4cccc(=O)n4C(C3)C2)C(c2ccccc2)/C1=C(\O)c1ccccc1. The molecule has 182 valence electrons. The lowest BCUT2D eigenvalue weighted by Gasteiger charge is -2.44. The molecule has 2 bridgehead atoms. The first-order chi connectivity index (χ1) is 17.5. The quantitative estimate of drug-likeness (QED) is 0.351. The summed E-state index contributed by atoms with van der Waals surface area (Å²) in [4.78, 5) is 43.0. The molecule has 7 heteroatoms. The van der Waals surface area contributed by atoms with Crippen LogP contribution in [-0.2, 0) is 16.0 Å². The zero-order chi connectivity index (χ0) is 24.8. The van der Waals surface area contributed by atoms with E-state index in [1.165, 1.54) is 0 Å². The molecule has 3 aliphatic heterocycles. The van der Waals surface area contributed by atoms with E-state index in [1.807, 2.05) is 53.1 Å². The van der Waals surface area contributed by atoms with Crippen molar-refractivity contribution in [3.8, 4) is 0 Å². The molecule has 3 unspecified atom stereocenters. The maximum Gasteiger partial charge on any atom is 0.296 e. The van der Waals surface area contributed by atoms with Crippen molar-refractivity contribution in [1.29, 1.82) is 0 Å². The minimum absolute atomic E-state index is 0.00499. The second kappa shape index (κ2) is 8.91. The number of piperidine rings is 1. The van der Waals surface area contributed by atoms with E-state index in [4.69, 9.17) is 0 Å². The Morgan fingerprint density at radius 2 is 1.58 bits per heavy atom. The molecule has 6 rings (SSSR count). The number of rotatable bonds is 4. The van der Waals surface area contributed by atoms with Crippen LogP contribution in [0, 0.1) is 5.92 Å². The van der Waals surface area contributed by atoms with Crippen LogP contribution in [0.3, 0.4) is 0 Å². The molecular weight excluding hydrogens is 454 g/mol. The summed E-state index contributed by atoms with van der Waals surface area (Å²) in [6, 6.07) is 23.0. The standard InChI is InChI=1S/C29H27N3O4/c33-24-13-7-12-22-14-19-15-23(32(22)24)17-30(16-19)18-31-26(20-8-3-1-4-9-20)25(28(35)29(31)36)27(34)21-10-5-2-6-11-21/h1-13,19,23,26,34H,14-18H2/b27-25+. The molecule has 36 heavy (non-hydrogen) atoms. The molecular formula is C29H27N3O4. The summed E-state index contributed by atoms with van der Waals surface area (Å²) in [5, 5.41) is 11.2. The van der Waals surface area contributed by atoms with Gasteiger partial charge in [-0.05, 0) is 30.4 Å². The predicted molar refractivity (Wildman–Crippen MR) is 135 cm³/mol. The van der Waals surface area contributed by atoms with Gasteiger partial charge in [0.2, 0.25) is 0 Å². The van der Waals surface area contributed by atoms with Crippen LogP contribution in [0.5, 0.6) is 0 Å². The summed E-state index contributed by atoms with van der Waals surface area (Å²) < 4.78 is 1.89. The fourth-order valence-corrected chi connectivity index (χ4v) is 6.12. The van der Waals surface area contributed by atoms with E-state index < -0.39 is 17.7 Å². The van der Waals surface area contributed by atoms with Crippen LogP contribution >= 0.6 is 0 Å². The highest BCUT2D eigenvalue weighted by atomic mass is 16.3. The predicted octanol–water partition coefficient (Wildman–Crippen LogP) is 3.35. The number of fused-ring (bicyclic) bond motifs is 4. The van der Waals surface area contributed by atoms with Crippen molar-refractivity contribution < 1.29 is 14.7 Å². The van der Waals surface area contributed by atoms with Crippen LogP contribution in [0.25, 0.3) is 5.76 Å². The normalized spacial score (nSPS) is 25.1. The second-order valence-electron chi connectivity index (χ2n) is 9.91. The number of aliphatic hydroxyl groups is 1. The number of hydrogen-bond acceptors (Lipinski definition) is 5. The van der Waals surface area contributed by atoms with E-state index in [2.05, 4.69) is 4.90 Å². The number of carbonyl (C=O) groups is 2. The number of likely N-dealkylation sites (tertiary alicyclic amines) is 2. The molecule has 1 N–H and O–H groups in total. The molecule has 0 aliphatic carbocycles. The lowest BCUT2D eigenvalue weighted by Crippen LogP contribution is -2.52. The van der Waals surface area contributed by atoms with Crippen LogP contribution in [0.15, 0.2) is 89.2 Å². The second-order valence-corrected chi connectivity index (χ2v) is 9.91. The van der Waals surface area contributed by atoms with E-state index in [-0.39, 0.29) is 29.6 Å². The van der Waals surface area contributed by atoms with Gasteiger partial charge in [0.15, 0.2) is 0 Å². The zero-order valence-electron chi connectivity index (χ0n) is 19.8. The van der Waals surface area contributed by atoms with Gasteiger partial charge in [0, 0.05) is 36.5 Å². The highest BCUT2D eigenvalue weighted by Gasteiger charge is 2.47. The van der Waals surface area contributed by atoms with E-state index >= 15 is 0 Å². The summed E-state index contributed by atoms with van der Waals surface area (Å²) >= 11 is 0. The molecule has 7 nitrogen and oxygen atoms in total. The molecule has 2 saturated heterocycles. The molecule has 2 aromatic carbocycles. The number of amides is 1. The molecule has 3 aliphatic rings. The lowest BCUT2D eigenvalue weighted by atomic mass is 9.86. The third-order valence-corrected chi connectivity index (χ3v) is 7.58. The number of Topliss-reactive ketones (excluding diaryl/α,β-unsaturated/α-hetero) is 1. The van der Waals surface area contributed by atoms with Gasteiger partial charge in [0.05, 0.1) is 18.3 Å². The fraction of sp³-hybridized carbons (Fsp3) is 0.276. The average Bonchev–Trinajstić information content (AvgIpc) is 3.14. The molecule has 3 atom stereocenters. The van der Waals surface area contributed by atoms with Crippen LogP contribution in [0.2, 0.25) is 0 Å². The summed E-state index contributed by atoms with van der Waals surface area (Å²) in [5.41, 5.74) is 2.45. The first-order valence-electron chi connectivity index (χ1n) is 12.3. The summed E-state index contributed by atoms with van der Waals surface area (Å²) in [7, 11) is 0. The first kappa shape index (κ1) is 22.5. The maximum absolute atomic E-state index is 13.4. The zero-order valence-corrected chi connectivity index (χ0v) is 19.8. The van der Waals surface area contributed by atoms with Crippen molar-refractivity contribution in [3.05, 3.63) is 112 Å². The number of aliphatic hydroxyl groups excluding tert-OH is 1. The van der Waals surface area contributed by atoms with Crippen molar-refractivity contribution in [2.75, 3.05) is 19.8 Å². The van der Waals surface area contributed by atoms with E-state index in [0.29, 0.717) is 18.0 Å². The van der Waals surface area contributed by atoms with Gasteiger partial charge in [0.25, 0.3) is 17.2 Å².